The number of amides is 3. The van der Waals surface area contributed by atoms with Gasteiger partial charge >= 0.3 is 5.97 Å². The van der Waals surface area contributed by atoms with Gasteiger partial charge in [-0.3, -0.25) is 14.4 Å². The molecule has 1 rings (SSSR count). The zero-order valence-corrected chi connectivity index (χ0v) is 14.7. The van der Waals surface area contributed by atoms with Gasteiger partial charge in [0.25, 0.3) is 0 Å². The predicted molar refractivity (Wildman–Crippen MR) is 88.6 cm³/mol. The van der Waals surface area contributed by atoms with Crippen LogP contribution in [0.2, 0.25) is 0 Å². The highest BCUT2D eigenvalue weighted by Crippen LogP contribution is 2.17. The van der Waals surface area contributed by atoms with Crippen molar-refractivity contribution >= 4 is 23.7 Å². The molecule has 7 N–H and O–H groups in total. The number of likely N-dealkylation sites (tertiary alicyclic amines) is 1. The van der Waals surface area contributed by atoms with Crippen molar-refractivity contribution in [3.63, 3.8) is 0 Å². The zero-order chi connectivity index (χ0) is 20.0. The molecule has 1 fully saturated rings. The summed E-state index contributed by atoms with van der Waals surface area (Å²) in [6, 6.07) is -3.85. The summed E-state index contributed by atoms with van der Waals surface area (Å²) in [6.07, 6.45) is -1.73. The van der Waals surface area contributed by atoms with E-state index in [2.05, 4.69) is 10.6 Å². The van der Waals surface area contributed by atoms with Gasteiger partial charge < -0.3 is 36.6 Å². The Morgan fingerprint density at radius 1 is 1.12 bits per heavy atom. The van der Waals surface area contributed by atoms with Crippen molar-refractivity contribution in [2.45, 2.75) is 57.0 Å². The van der Waals surface area contributed by atoms with Crippen LogP contribution in [0.5, 0.6) is 0 Å². The van der Waals surface area contributed by atoms with Crippen molar-refractivity contribution in [3.8, 4) is 0 Å². The number of aliphatic hydroxyl groups is 2. The molecule has 148 valence electrons. The molecular formula is C15H26N4O7. The summed E-state index contributed by atoms with van der Waals surface area (Å²) in [6.45, 7) is 2.55. The Labute approximate surface area is 150 Å². The molecule has 1 aliphatic heterocycles. The average molecular weight is 374 g/mol. The van der Waals surface area contributed by atoms with Crippen molar-refractivity contribution in [3.05, 3.63) is 0 Å². The molecular weight excluding hydrogens is 348 g/mol. The molecule has 0 aromatic heterocycles. The third kappa shape index (κ3) is 5.38. The second-order valence-electron chi connectivity index (χ2n) is 6.24. The van der Waals surface area contributed by atoms with Crippen molar-refractivity contribution in [1.82, 2.24) is 15.5 Å². The first-order valence-electron chi connectivity index (χ1n) is 8.29. The zero-order valence-electron chi connectivity index (χ0n) is 14.7. The number of hydrogen-bond donors (Lipinski definition) is 6. The number of carbonyl (C=O) groups is 4. The summed E-state index contributed by atoms with van der Waals surface area (Å²) < 4.78 is 0. The maximum Gasteiger partial charge on any atom is 0.328 e. The van der Waals surface area contributed by atoms with Gasteiger partial charge in [-0.1, -0.05) is 0 Å². The highest BCUT2D eigenvalue weighted by atomic mass is 16.4. The predicted octanol–water partition coefficient (Wildman–Crippen LogP) is -3.25. The molecule has 0 radical (unpaired) electrons. The lowest BCUT2D eigenvalue weighted by molar-refractivity contribution is -0.146. The van der Waals surface area contributed by atoms with E-state index in [1.165, 1.54) is 18.7 Å². The van der Waals surface area contributed by atoms with E-state index in [1.807, 2.05) is 0 Å². The SMILES string of the molecule is CC(O)C(NC(=O)C(NC(=O)C1CCCN1C(=O)CN)C(C)O)C(=O)O. The topological polar surface area (TPSA) is 182 Å². The fourth-order valence-electron chi connectivity index (χ4n) is 2.74. The minimum Gasteiger partial charge on any atom is -0.480 e. The van der Waals surface area contributed by atoms with Gasteiger partial charge in [0.1, 0.15) is 12.1 Å². The lowest BCUT2D eigenvalue weighted by Crippen LogP contribution is -2.60. The van der Waals surface area contributed by atoms with E-state index in [0.29, 0.717) is 19.4 Å². The lowest BCUT2D eigenvalue weighted by atomic mass is 10.1. The molecule has 11 nitrogen and oxygen atoms in total. The first-order valence-corrected chi connectivity index (χ1v) is 8.29. The van der Waals surface area contributed by atoms with Crippen molar-refractivity contribution in [1.29, 1.82) is 0 Å². The summed E-state index contributed by atoms with van der Waals surface area (Å²) in [7, 11) is 0. The molecule has 3 amide bonds. The Balaban J connectivity index is 2.84. The van der Waals surface area contributed by atoms with Crippen LogP contribution in [0.25, 0.3) is 0 Å². The molecule has 0 saturated carbocycles. The van der Waals surface area contributed by atoms with E-state index in [4.69, 9.17) is 10.8 Å². The summed E-state index contributed by atoms with van der Waals surface area (Å²) in [5, 5.41) is 32.7. The van der Waals surface area contributed by atoms with E-state index < -0.39 is 54.0 Å². The summed E-state index contributed by atoms with van der Waals surface area (Å²) in [4.78, 5) is 48.9. The fraction of sp³-hybridized carbons (Fsp3) is 0.733. The minimum atomic E-state index is -1.59. The van der Waals surface area contributed by atoms with Crippen molar-refractivity contribution in [2.24, 2.45) is 5.73 Å². The Hall–Kier alpha value is -2.24. The highest BCUT2D eigenvalue weighted by Gasteiger charge is 2.37. The lowest BCUT2D eigenvalue weighted by Gasteiger charge is -2.28. The number of carboxylic acid groups (broad SMARTS) is 1. The Morgan fingerprint density at radius 2 is 1.69 bits per heavy atom. The van der Waals surface area contributed by atoms with E-state index in [-0.39, 0.29) is 6.54 Å². The van der Waals surface area contributed by atoms with Crippen LogP contribution in [-0.4, -0.2) is 87.3 Å². The van der Waals surface area contributed by atoms with E-state index in [0.717, 1.165) is 0 Å². The summed E-state index contributed by atoms with van der Waals surface area (Å²) in [5.74, 6) is -3.47. The van der Waals surface area contributed by atoms with Crippen molar-refractivity contribution in [2.75, 3.05) is 13.1 Å². The highest BCUT2D eigenvalue weighted by molar-refractivity contribution is 5.94. The molecule has 0 aromatic carbocycles. The van der Waals surface area contributed by atoms with Crippen LogP contribution in [0.3, 0.4) is 0 Å². The third-order valence-electron chi connectivity index (χ3n) is 4.16. The first-order chi connectivity index (χ1) is 12.1. The van der Waals surface area contributed by atoms with Crippen LogP contribution in [0.4, 0.5) is 0 Å². The smallest absolute Gasteiger partial charge is 0.328 e. The Kier molecular flexibility index (Phi) is 7.93. The van der Waals surface area contributed by atoms with Gasteiger partial charge in [-0.15, -0.1) is 0 Å². The molecule has 0 aliphatic carbocycles. The minimum absolute atomic E-state index is 0.251. The maximum absolute atomic E-state index is 12.4. The summed E-state index contributed by atoms with van der Waals surface area (Å²) >= 11 is 0. The Bertz CT molecular complexity index is 552. The van der Waals surface area contributed by atoms with E-state index >= 15 is 0 Å². The Morgan fingerprint density at radius 3 is 2.15 bits per heavy atom. The number of rotatable bonds is 8. The molecule has 11 heteroatoms. The van der Waals surface area contributed by atoms with Crippen LogP contribution in [0, 0.1) is 0 Å². The molecule has 5 atom stereocenters. The van der Waals surface area contributed by atoms with Crippen LogP contribution in [0.15, 0.2) is 0 Å². The number of hydrogen-bond acceptors (Lipinski definition) is 7. The number of aliphatic hydroxyl groups excluding tert-OH is 2. The van der Waals surface area contributed by atoms with E-state index in [9.17, 15) is 29.4 Å². The largest absolute Gasteiger partial charge is 0.480 e. The van der Waals surface area contributed by atoms with Gasteiger partial charge in [-0.2, -0.15) is 0 Å². The van der Waals surface area contributed by atoms with Crippen molar-refractivity contribution < 1.29 is 34.5 Å². The van der Waals surface area contributed by atoms with Gasteiger partial charge in [0.2, 0.25) is 17.7 Å². The molecule has 1 heterocycles. The van der Waals surface area contributed by atoms with Gasteiger partial charge in [0, 0.05) is 6.54 Å². The number of nitrogens with two attached hydrogens (primary N) is 1. The molecule has 5 unspecified atom stereocenters. The van der Waals surface area contributed by atoms with Crippen LogP contribution in [-0.2, 0) is 19.2 Å². The van der Waals surface area contributed by atoms with Gasteiger partial charge in [0.15, 0.2) is 6.04 Å². The molecule has 1 saturated heterocycles. The molecule has 1 aliphatic rings. The molecule has 0 spiro atoms. The van der Waals surface area contributed by atoms with Gasteiger partial charge in [-0.25, -0.2) is 4.79 Å². The number of aliphatic carboxylic acids is 1. The number of nitrogens with zero attached hydrogens (tertiary/aromatic N) is 1. The van der Waals surface area contributed by atoms with Crippen LogP contribution >= 0.6 is 0 Å². The number of carboxylic acids is 1. The quantitative estimate of drug-likeness (QED) is 0.256. The third-order valence-corrected chi connectivity index (χ3v) is 4.16. The normalized spacial score (nSPS) is 21.4. The summed E-state index contributed by atoms with van der Waals surface area (Å²) in [5.41, 5.74) is 5.32. The second kappa shape index (κ2) is 9.46. The van der Waals surface area contributed by atoms with Crippen LogP contribution in [0.1, 0.15) is 26.7 Å². The van der Waals surface area contributed by atoms with Gasteiger partial charge in [0.05, 0.1) is 18.8 Å². The first kappa shape index (κ1) is 21.8. The van der Waals surface area contributed by atoms with Crippen LogP contribution < -0.4 is 16.4 Å². The second-order valence-corrected chi connectivity index (χ2v) is 6.24. The maximum atomic E-state index is 12.4. The average Bonchev–Trinajstić information content (AvgIpc) is 3.05. The molecule has 0 aromatic rings. The van der Waals surface area contributed by atoms with Gasteiger partial charge in [-0.05, 0) is 26.7 Å². The molecule has 0 bridgehead atoms. The monoisotopic (exact) mass is 374 g/mol. The standard InChI is InChI=1S/C15H26N4O7/c1-7(20)11(14(24)18-12(8(2)21)15(25)26)17-13(23)9-4-3-5-19(9)10(22)6-16/h7-9,11-12,20-21H,3-6,16H2,1-2H3,(H,17,23)(H,18,24)(H,25,26). The molecule has 26 heavy (non-hydrogen) atoms. The number of carbonyl (C=O) groups excluding carboxylic acids is 3. The number of nitrogens with one attached hydrogen (secondary N) is 2. The van der Waals surface area contributed by atoms with E-state index in [1.54, 1.807) is 0 Å². The fourth-order valence-corrected chi connectivity index (χ4v) is 2.74.